The van der Waals surface area contributed by atoms with Gasteiger partial charge in [-0.2, -0.15) is 0 Å². The van der Waals surface area contributed by atoms with Gasteiger partial charge in [-0.1, -0.05) is 90.1 Å². The average Bonchev–Trinajstić information content (AvgIpc) is 3.13. The van der Waals surface area contributed by atoms with E-state index in [-0.39, 0.29) is 22.4 Å². The minimum Gasteiger partial charge on any atom is -0.317 e. The van der Waals surface area contributed by atoms with E-state index in [1.165, 1.54) is 39.4 Å². The SMILES string of the molecule is C=CC1(C)c2cc(C(C)(C)C)ccc2N2c3ccccc3N(c3ccccc3C)C2C1(C)C. The molecule has 3 aromatic rings. The van der Waals surface area contributed by atoms with Gasteiger partial charge in [-0.25, -0.2) is 0 Å². The Balaban J connectivity index is 1.85. The van der Waals surface area contributed by atoms with Crippen molar-refractivity contribution in [1.29, 1.82) is 0 Å². The predicted octanol–water partition coefficient (Wildman–Crippen LogP) is 8.39. The van der Waals surface area contributed by atoms with Crippen LogP contribution in [0.4, 0.5) is 22.7 Å². The molecule has 2 heteroatoms. The molecule has 170 valence electrons. The van der Waals surface area contributed by atoms with Gasteiger partial charge in [0.05, 0.1) is 11.4 Å². The van der Waals surface area contributed by atoms with E-state index in [0.29, 0.717) is 0 Å². The Kier molecular flexibility index (Phi) is 4.63. The highest BCUT2D eigenvalue weighted by Gasteiger charge is 2.58. The predicted molar refractivity (Wildman–Crippen MR) is 142 cm³/mol. The summed E-state index contributed by atoms with van der Waals surface area (Å²) in [5.74, 6) is 0. The van der Waals surface area contributed by atoms with Crippen LogP contribution in [0.3, 0.4) is 0 Å². The summed E-state index contributed by atoms with van der Waals surface area (Å²) in [4.78, 5) is 5.14. The van der Waals surface area contributed by atoms with Crippen LogP contribution in [0, 0.1) is 12.3 Å². The van der Waals surface area contributed by atoms with Crippen molar-refractivity contribution in [2.75, 3.05) is 9.80 Å². The maximum Gasteiger partial charge on any atom is 0.117 e. The molecule has 0 aliphatic carbocycles. The van der Waals surface area contributed by atoms with Crippen LogP contribution in [-0.2, 0) is 10.8 Å². The number of hydrogen-bond acceptors (Lipinski definition) is 2. The van der Waals surface area contributed by atoms with E-state index in [9.17, 15) is 0 Å². The van der Waals surface area contributed by atoms with E-state index in [1.807, 2.05) is 0 Å². The Labute approximate surface area is 199 Å². The lowest BCUT2D eigenvalue weighted by atomic mass is 9.58. The number of fused-ring (bicyclic) bond motifs is 5. The van der Waals surface area contributed by atoms with Gasteiger partial charge in [0.2, 0.25) is 0 Å². The zero-order valence-electron chi connectivity index (χ0n) is 21.1. The van der Waals surface area contributed by atoms with Gasteiger partial charge in [-0.3, -0.25) is 0 Å². The molecule has 0 N–H and O–H groups in total. The Morgan fingerprint density at radius 3 is 1.88 bits per heavy atom. The highest BCUT2D eigenvalue weighted by molar-refractivity contribution is 5.91. The van der Waals surface area contributed by atoms with Gasteiger partial charge in [0.15, 0.2) is 0 Å². The number of benzene rings is 3. The van der Waals surface area contributed by atoms with Crippen molar-refractivity contribution in [2.45, 2.75) is 65.5 Å². The summed E-state index contributed by atoms with van der Waals surface area (Å²) in [6, 6.07) is 24.7. The molecule has 2 unspecified atom stereocenters. The molecule has 0 bridgehead atoms. The number of aryl methyl sites for hydroxylation is 1. The molecule has 0 saturated carbocycles. The molecule has 3 aromatic carbocycles. The number of allylic oxidation sites excluding steroid dienone is 1. The Hall–Kier alpha value is -3.00. The standard InChI is InChI=1S/C31H36N2/c1-9-31(8)23-20-22(29(3,4)5)18-19-25(23)33-27-17-13-12-16-26(27)32(28(33)30(31,6)7)24-15-11-10-14-21(24)2/h9-20,28H,1H2,2-8H3. The van der Waals surface area contributed by atoms with E-state index in [2.05, 4.69) is 138 Å². The lowest BCUT2D eigenvalue weighted by Gasteiger charge is -2.57. The summed E-state index contributed by atoms with van der Waals surface area (Å²) in [7, 11) is 0. The smallest absolute Gasteiger partial charge is 0.117 e. The van der Waals surface area contributed by atoms with Crippen LogP contribution < -0.4 is 9.80 Å². The van der Waals surface area contributed by atoms with Crippen LogP contribution in [0.5, 0.6) is 0 Å². The Morgan fingerprint density at radius 1 is 0.788 bits per heavy atom. The van der Waals surface area contributed by atoms with E-state index in [1.54, 1.807) is 0 Å². The summed E-state index contributed by atoms with van der Waals surface area (Å²) < 4.78 is 0. The summed E-state index contributed by atoms with van der Waals surface area (Å²) in [5, 5.41) is 0. The summed E-state index contributed by atoms with van der Waals surface area (Å²) in [6.07, 6.45) is 2.32. The van der Waals surface area contributed by atoms with Crippen molar-refractivity contribution in [3.63, 3.8) is 0 Å². The first-order valence-corrected chi connectivity index (χ1v) is 12.0. The van der Waals surface area contributed by atoms with Crippen LogP contribution in [0.2, 0.25) is 0 Å². The van der Waals surface area contributed by atoms with Gasteiger partial charge in [0.25, 0.3) is 0 Å². The minimum atomic E-state index is -0.201. The van der Waals surface area contributed by atoms with Crippen molar-refractivity contribution in [3.8, 4) is 0 Å². The Bertz CT molecular complexity index is 1250. The number of anilines is 4. The molecule has 0 aromatic heterocycles. The van der Waals surface area contributed by atoms with Crippen LogP contribution in [-0.4, -0.2) is 6.17 Å². The summed E-state index contributed by atoms with van der Waals surface area (Å²) in [6.45, 7) is 20.7. The second kappa shape index (κ2) is 7.00. The van der Waals surface area contributed by atoms with Crippen molar-refractivity contribution in [1.82, 2.24) is 0 Å². The molecular formula is C31H36N2. The molecule has 0 radical (unpaired) electrons. The molecule has 2 nitrogen and oxygen atoms in total. The van der Waals surface area contributed by atoms with E-state index in [0.717, 1.165) is 0 Å². The second-order valence-corrected chi connectivity index (χ2v) is 11.5. The first-order valence-electron chi connectivity index (χ1n) is 12.0. The molecule has 2 heterocycles. The molecule has 33 heavy (non-hydrogen) atoms. The third kappa shape index (κ3) is 2.86. The molecule has 2 aliphatic rings. The van der Waals surface area contributed by atoms with Crippen molar-refractivity contribution >= 4 is 22.7 Å². The molecule has 0 saturated heterocycles. The van der Waals surface area contributed by atoms with Crippen molar-refractivity contribution in [3.05, 3.63) is 96.1 Å². The highest BCUT2D eigenvalue weighted by atomic mass is 15.4. The first-order chi connectivity index (χ1) is 15.5. The zero-order valence-corrected chi connectivity index (χ0v) is 21.1. The average molecular weight is 437 g/mol. The topological polar surface area (TPSA) is 6.48 Å². The first kappa shape index (κ1) is 21.8. The molecule has 0 fully saturated rings. The van der Waals surface area contributed by atoms with Gasteiger partial charge in [0, 0.05) is 22.2 Å². The van der Waals surface area contributed by atoms with Crippen LogP contribution in [0.1, 0.15) is 58.2 Å². The third-order valence-electron chi connectivity index (χ3n) is 8.34. The maximum absolute atomic E-state index is 4.38. The van der Waals surface area contributed by atoms with Gasteiger partial charge >= 0.3 is 0 Å². The highest BCUT2D eigenvalue weighted by Crippen LogP contribution is 2.63. The quantitative estimate of drug-likeness (QED) is 0.372. The Morgan fingerprint density at radius 2 is 1.33 bits per heavy atom. The van der Waals surface area contributed by atoms with Gasteiger partial charge in [-0.05, 0) is 53.3 Å². The minimum absolute atomic E-state index is 0.0915. The fourth-order valence-corrected chi connectivity index (χ4v) is 5.87. The fraction of sp³-hybridized carbons (Fsp3) is 0.355. The fourth-order valence-electron chi connectivity index (χ4n) is 5.87. The van der Waals surface area contributed by atoms with Gasteiger partial charge < -0.3 is 9.80 Å². The number of para-hydroxylation sites is 3. The second-order valence-electron chi connectivity index (χ2n) is 11.5. The molecule has 0 spiro atoms. The molecule has 2 atom stereocenters. The van der Waals surface area contributed by atoms with E-state index < -0.39 is 0 Å². The normalized spacial score (nSPS) is 23.1. The van der Waals surface area contributed by atoms with Crippen LogP contribution in [0.15, 0.2) is 79.4 Å². The third-order valence-corrected chi connectivity index (χ3v) is 8.34. The van der Waals surface area contributed by atoms with Crippen molar-refractivity contribution in [2.24, 2.45) is 5.41 Å². The number of rotatable bonds is 2. The van der Waals surface area contributed by atoms with Crippen LogP contribution >= 0.6 is 0 Å². The van der Waals surface area contributed by atoms with Crippen LogP contribution in [0.25, 0.3) is 0 Å². The molecule has 2 aliphatic heterocycles. The van der Waals surface area contributed by atoms with E-state index >= 15 is 0 Å². The summed E-state index contributed by atoms with van der Waals surface area (Å²) >= 11 is 0. The van der Waals surface area contributed by atoms with Gasteiger partial charge in [0.1, 0.15) is 6.17 Å². The lowest BCUT2D eigenvalue weighted by Crippen LogP contribution is -2.60. The molecule has 5 rings (SSSR count). The van der Waals surface area contributed by atoms with E-state index in [4.69, 9.17) is 0 Å². The molecule has 0 amide bonds. The monoisotopic (exact) mass is 436 g/mol. The summed E-state index contributed by atoms with van der Waals surface area (Å²) in [5.41, 5.74) is 8.89. The van der Waals surface area contributed by atoms with Gasteiger partial charge in [-0.15, -0.1) is 6.58 Å². The number of hydrogen-bond donors (Lipinski definition) is 0. The molecular weight excluding hydrogens is 400 g/mol. The number of nitrogens with zero attached hydrogens (tertiary/aromatic N) is 2. The maximum atomic E-state index is 4.38. The zero-order chi connectivity index (χ0) is 23.8. The van der Waals surface area contributed by atoms with Crippen molar-refractivity contribution < 1.29 is 0 Å². The largest absolute Gasteiger partial charge is 0.317 e. The lowest BCUT2D eigenvalue weighted by molar-refractivity contribution is 0.171.